The fraction of sp³-hybridized carbons (Fsp3) is 0.0588. The summed E-state index contributed by atoms with van der Waals surface area (Å²) < 4.78 is 0. The summed E-state index contributed by atoms with van der Waals surface area (Å²) in [5.41, 5.74) is 2.55. The molecule has 2 heterocycles. The van der Waals surface area contributed by atoms with Crippen LogP contribution in [-0.4, -0.2) is 33.6 Å². The zero-order chi connectivity index (χ0) is 16.5. The van der Waals surface area contributed by atoms with Gasteiger partial charge >= 0.3 is 0 Å². The Morgan fingerprint density at radius 1 is 1.08 bits per heavy atom. The van der Waals surface area contributed by atoms with Gasteiger partial charge in [-0.2, -0.15) is 4.98 Å². The summed E-state index contributed by atoms with van der Waals surface area (Å²) in [6.07, 6.45) is 1.52. The zero-order valence-electron chi connectivity index (χ0n) is 12.9. The molecular weight excluding hydrogens is 304 g/mol. The van der Waals surface area contributed by atoms with Crippen LogP contribution in [0.5, 0.6) is 5.75 Å². The van der Waals surface area contributed by atoms with Crippen LogP contribution in [-0.2, 0) is 0 Å². The summed E-state index contributed by atoms with van der Waals surface area (Å²) in [5.74, 6) is 1.61. The summed E-state index contributed by atoms with van der Waals surface area (Å²) in [6.45, 7) is 0. The van der Waals surface area contributed by atoms with E-state index in [0.29, 0.717) is 17.2 Å². The molecule has 0 radical (unpaired) electrons. The molecule has 0 fully saturated rings. The first-order valence-electron chi connectivity index (χ1n) is 7.39. The molecule has 1 aromatic heterocycles. The molecule has 0 aliphatic carbocycles. The van der Waals surface area contributed by atoms with E-state index in [4.69, 9.17) is 0 Å². The van der Waals surface area contributed by atoms with Gasteiger partial charge in [0.15, 0.2) is 11.6 Å². The van der Waals surface area contributed by atoms with Gasteiger partial charge in [0.25, 0.3) is 5.95 Å². The van der Waals surface area contributed by atoms with Gasteiger partial charge in [-0.15, -0.1) is 10.2 Å². The third-order valence-electron chi connectivity index (χ3n) is 3.75. The lowest BCUT2D eigenvalue weighted by molar-refractivity contribution is 0.474. The SMILES string of the molecule is CN1c2ccccc2Nc2nnc(N=Cc3ccccc3O)nc21. The maximum atomic E-state index is 9.77. The summed E-state index contributed by atoms with van der Waals surface area (Å²) >= 11 is 0. The van der Waals surface area contributed by atoms with Crippen LogP contribution in [0.4, 0.5) is 29.0 Å². The Morgan fingerprint density at radius 3 is 2.75 bits per heavy atom. The second-order valence-electron chi connectivity index (χ2n) is 5.30. The van der Waals surface area contributed by atoms with Crippen molar-refractivity contribution in [3.63, 3.8) is 0 Å². The first-order valence-corrected chi connectivity index (χ1v) is 7.39. The fourth-order valence-corrected chi connectivity index (χ4v) is 2.52. The van der Waals surface area contributed by atoms with Gasteiger partial charge in [-0.1, -0.05) is 24.3 Å². The topological polar surface area (TPSA) is 86.5 Å². The summed E-state index contributed by atoms with van der Waals surface area (Å²) in [4.78, 5) is 10.6. The highest BCUT2D eigenvalue weighted by molar-refractivity contribution is 5.88. The maximum Gasteiger partial charge on any atom is 0.271 e. The van der Waals surface area contributed by atoms with Crippen molar-refractivity contribution >= 4 is 35.2 Å². The van der Waals surface area contributed by atoms with Gasteiger partial charge < -0.3 is 15.3 Å². The molecular formula is C17H14N6O. The first-order chi connectivity index (χ1) is 11.7. The highest BCUT2D eigenvalue weighted by atomic mass is 16.3. The number of nitrogens with zero attached hydrogens (tertiary/aromatic N) is 5. The number of para-hydroxylation sites is 3. The van der Waals surface area contributed by atoms with Crippen molar-refractivity contribution in [2.45, 2.75) is 0 Å². The molecule has 0 bridgehead atoms. The van der Waals surface area contributed by atoms with Gasteiger partial charge in [0.05, 0.1) is 11.4 Å². The van der Waals surface area contributed by atoms with E-state index in [9.17, 15) is 5.11 Å². The van der Waals surface area contributed by atoms with Gasteiger partial charge in [0, 0.05) is 18.8 Å². The average molecular weight is 318 g/mol. The number of aliphatic imine (C=N–C) groups is 1. The summed E-state index contributed by atoms with van der Waals surface area (Å²) in [7, 11) is 1.92. The number of rotatable bonds is 2. The molecule has 2 aromatic carbocycles. The summed E-state index contributed by atoms with van der Waals surface area (Å²) in [5, 5.41) is 21.2. The van der Waals surface area contributed by atoms with Gasteiger partial charge in [-0.25, -0.2) is 4.99 Å². The van der Waals surface area contributed by atoms with E-state index in [-0.39, 0.29) is 11.7 Å². The van der Waals surface area contributed by atoms with E-state index >= 15 is 0 Å². The third-order valence-corrected chi connectivity index (χ3v) is 3.75. The van der Waals surface area contributed by atoms with Crippen molar-refractivity contribution in [2.24, 2.45) is 4.99 Å². The van der Waals surface area contributed by atoms with E-state index in [1.165, 1.54) is 6.21 Å². The number of benzene rings is 2. The number of phenols is 1. The Kier molecular flexibility index (Phi) is 3.31. The smallest absolute Gasteiger partial charge is 0.271 e. The number of aromatic nitrogens is 3. The van der Waals surface area contributed by atoms with Gasteiger partial charge in [0.1, 0.15) is 5.75 Å². The Labute approximate surface area is 138 Å². The molecule has 0 amide bonds. The number of nitrogens with one attached hydrogen (secondary N) is 1. The molecule has 0 saturated heterocycles. The fourth-order valence-electron chi connectivity index (χ4n) is 2.52. The molecule has 118 valence electrons. The van der Waals surface area contributed by atoms with Crippen molar-refractivity contribution in [3.05, 3.63) is 54.1 Å². The maximum absolute atomic E-state index is 9.77. The molecule has 4 rings (SSSR count). The van der Waals surface area contributed by atoms with Crippen molar-refractivity contribution in [1.82, 2.24) is 15.2 Å². The molecule has 2 N–H and O–H groups in total. The van der Waals surface area contributed by atoms with Crippen molar-refractivity contribution < 1.29 is 5.11 Å². The molecule has 7 heteroatoms. The van der Waals surface area contributed by atoms with Crippen LogP contribution in [0.15, 0.2) is 53.5 Å². The van der Waals surface area contributed by atoms with Crippen molar-refractivity contribution in [2.75, 3.05) is 17.3 Å². The Bertz CT molecular complexity index is 940. The summed E-state index contributed by atoms with van der Waals surface area (Å²) in [6, 6.07) is 14.8. The predicted molar refractivity (Wildman–Crippen MR) is 93.0 cm³/mol. The minimum absolute atomic E-state index is 0.153. The van der Waals surface area contributed by atoms with Crippen molar-refractivity contribution in [1.29, 1.82) is 0 Å². The van der Waals surface area contributed by atoms with Crippen LogP contribution < -0.4 is 10.2 Å². The molecule has 7 nitrogen and oxygen atoms in total. The number of phenolic OH excluding ortho intramolecular Hbond substituents is 1. The van der Waals surface area contributed by atoms with Gasteiger partial charge in [-0.05, 0) is 24.3 Å². The average Bonchev–Trinajstić information content (AvgIpc) is 2.62. The number of fused-ring (bicyclic) bond motifs is 2. The standard InChI is InChI=1S/C17H14N6O/c1-23-13-8-4-3-7-12(13)19-15-16(23)20-17(22-21-15)18-10-11-6-2-5-9-14(11)24/h2-10,24H,1H3,(H,19,21). The zero-order valence-corrected chi connectivity index (χ0v) is 12.9. The van der Waals surface area contributed by atoms with E-state index in [1.807, 2.05) is 42.3 Å². The number of aromatic hydroxyl groups is 1. The minimum atomic E-state index is 0.153. The highest BCUT2D eigenvalue weighted by Gasteiger charge is 2.22. The van der Waals surface area contributed by atoms with E-state index in [1.54, 1.807) is 18.2 Å². The molecule has 0 unspecified atom stereocenters. The van der Waals surface area contributed by atoms with Crippen LogP contribution in [0.1, 0.15) is 5.56 Å². The molecule has 0 spiro atoms. The largest absolute Gasteiger partial charge is 0.507 e. The Morgan fingerprint density at radius 2 is 1.88 bits per heavy atom. The van der Waals surface area contributed by atoms with Gasteiger partial charge in [-0.3, -0.25) is 0 Å². The van der Waals surface area contributed by atoms with E-state index in [2.05, 4.69) is 25.5 Å². The number of hydrogen-bond donors (Lipinski definition) is 2. The van der Waals surface area contributed by atoms with Crippen LogP contribution in [0.25, 0.3) is 0 Å². The third kappa shape index (κ3) is 2.41. The molecule has 1 aliphatic rings. The molecule has 0 atom stereocenters. The predicted octanol–water partition coefficient (Wildman–Crippen LogP) is 3.15. The molecule has 24 heavy (non-hydrogen) atoms. The van der Waals surface area contributed by atoms with E-state index < -0.39 is 0 Å². The lowest BCUT2D eigenvalue weighted by Crippen LogP contribution is -2.20. The first kappa shape index (κ1) is 14.1. The number of hydrogen-bond acceptors (Lipinski definition) is 7. The van der Waals surface area contributed by atoms with Crippen LogP contribution in [0, 0.1) is 0 Å². The second kappa shape index (κ2) is 5.62. The minimum Gasteiger partial charge on any atom is -0.507 e. The highest BCUT2D eigenvalue weighted by Crippen LogP contribution is 2.40. The lowest BCUT2D eigenvalue weighted by Gasteiger charge is -2.28. The molecule has 1 aliphatic heterocycles. The van der Waals surface area contributed by atoms with Crippen LogP contribution in [0.2, 0.25) is 0 Å². The number of anilines is 4. The Hall–Kier alpha value is -3.48. The molecule has 0 saturated carbocycles. The molecule has 3 aromatic rings. The van der Waals surface area contributed by atoms with Gasteiger partial charge in [0.2, 0.25) is 0 Å². The quantitative estimate of drug-likeness (QED) is 0.706. The lowest BCUT2D eigenvalue weighted by atomic mass is 10.2. The monoisotopic (exact) mass is 318 g/mol. The van der Waals surface area contributed by atoms with Crippen LogP contribution in [0.3, 0.4) is 0 Å². The Balaban J connectivity index is 1.68. The van der Waals surface area contributed by atoms with E-state index in [0.717, 1.165) is 11.4 Å². The van der Waals surface area contributed by atoms with Crippen LogP contribution >= 0.6 is 0 Å². The normalized spacial score (nSPS) is 12.6. The van der Waals surface area contributed by atoms with Crippen molar-refractivity contribution in [3.8, 4) is 5.75 Å². The second-order valence-corrected chi connectivity index (χ2v) is 5.30.